The number of primary amides is 2. The second-order valence-corrected chi connectivity index (χ2v) is 11.3. The Morgan fingerprint density at radius 1 is 0.705 bits per heavy atom. The molecule has 0 saturated carbocycles. The fourth-order valence-electron chi connectivity index (χ4n) is 6.37. The summed E-state index contributed by atoms with van der Waals surface area (Å²) in [4.78, 5) is 49.1. The third kappa shape index (κ3) is 5.96. The van der Waals surface area contributed by atoms with Crippen LogP contribution in [0.1, 0.15) is 77.1 Å². The molecule has 4 amide bonds. The van der Waals surface area contributed by atoms with E-state index in [0.29, 0.717) is 48.4 Å². The van der Waals surface area contributed by atoms with Crippen LogP contribution in [0, 0.1) is 13.8 Å². The normalized spacial score (nSPS) is 16.0. The third-order valence-electron chi connectivity index (χ3n) is 8.47. The number of amides is 4. The van der Waals surface area contributed by atoms with Gasteiger partial charge in [0.15, 0.2) is 0 Å². The number of rotatable bonds is 10. The fraction of sp³-hybridized carbons (Fsp3) is 0.312. The summed E-state index contributed by atoms with van der Waals surface area (Å²) in [6.07, 6.45) is -0.625. The van der Waals surface area contributed by atoms with Crippen molar-refractivity contribution in [1.29, 1.82) is 0 Å². The van der Waals surface area contributed by atoms with E-state index in [1.807, 2.05) is 13.8 Å². The number of hydrogen-bond donors (Lipinski definition) is 6. The third-order valence-corrected chi connectivity index (χ3v) is 8.47. The lowest BCUT2D eigenvalue weighted by atomic mass is 9.62. The van der Waals surface area contributed by atoms with Gasteiger partial charge in [-0.3, -0.25) is 9.59 Å². The van der Waals surface area contributed by atoms with Crippen molar-refractivity contribution in [3.05, 3.63) is 92.0 Å². The lowest BCUT2D eigenvalue weighted by Gasteiger charge is -2.43. The maximum Gasteiger partial charge on any atom is 0.404 e. The topological polar surface area (TPSA) is 215 Å². The molecule has 230 valence electrons. The average molecular weight is 601 g/mol. The van der Waals surface area contributed by atoms with Crippen molar-refractivity contribution in [2.75, 3.05) is 24.6 Å². The standard InChI is InChI=1S/C32H36N6O6/c1-15-7-19(33)3-5-21(15)29(39)37-11-17-9-23-26(14-44-32(36)42)28-18(10-24(28)25(27(17)23)13-43-31(35)41)12-38-30(40)22-6-4-20(34)8-16(22)2/h3-8,17-18H,9-14,33-34H2,1-2H3,(H2,35,41)(H2,36,42)(H,37,39)(H,38,40). The van der Waals surface area contributed by atoms with Crippen LogP contribution in [0.15, 0.2) is 36.4 Å². The van der Waals surface area contributed by atoms with E-state index in [4.69, 9.17) is 32.4 Å². The summed E-state index contributed by atoms with van der Waals surface area (Å²) in [5, 5.41) is 6.02. The van der Waals surface area contributed by atoms with Gasteiger partial charge in [-0.15, -0.1) is 0 Å². The van der Waals surface area contributed by atoms with Crippen LogP contribution >= 0.6 is 0 Å². The number of ether oxygens (including phenoxy) is 2. The Bertz CT molecular complexity index is 1560. The summed E-state index contributed by atoms with van der Waals surface area (Å²) in [5.41, 5.74) is 31.4. The molecule has 0 aliphatic heterocycles. The van der Waals surface area contributed by atoms with Crippen LogP contribution in [-0.2, 0) is 35.5 Å². The van der Waals surface area contributed by atoms with Crippen molar-refractivity contribution in [1.82, 2.24) is 10.6 Å². The first-order chi connectivity index (χ1) is 20.9. The Labute approximate surface area is 254 Å². The second kappa shape index (κ2) is 12.2. The number of nitrogens with two attached hydrogens (primary N) is 4. The van der Waals surface area contributed by atoms with E-state index in [1.165, 1.54) is 0 Å². The molecular formula is C32H36N6O6. The molecule has 0 saturated heterocycles. The van der Waals surface area contributed by atoms with E-state index in [1.54, 1.807) is 36.4 Å². The minimum Gasteiger partial charge on any atom is -0.445 e. The number of hydrogen-bond acceptors (Lipinski definition) is 8. The van der Waals surface area contributed by atoms with Crippen LogP contribution < -0.4 is 33.6 Å². The fourth-order valence-corrected chi connectivity index (χ4v) is 6.37. The number of carbonyl (C=O) groups excluding carboxylic acids is 4. The van der Waals surface area contributed by atoms with Gasteiger partial charge in [-0.1, -0.05) is 0 Å². The maximum absolute atomic E-state index is 13.0. The zero-order valence-electron chi connectivity index (χ0n) is 24.6. The molecule has 44 heavy (non-hydrogen) atoms. The van der Waals surface area contributed by atoms with Gasteiger partial charge in [-0.05, 0) is 108 Å². The molecule has 12 nitrogen and oxygen atoms in total. The quantitative estimate of drug-likeness (QED) is 0.190. The molecule has 2 aliphatic rings. The predicted molar refractivity (Wildman–Crippen MR) is 164 cm³/mol. The first-order valence-corrected chi connectivity index (χ1v) is 14.3. The Balaban J connectivity index is 1.41. The van der Waals surface area contributed by atoms with E-state index in [0.717, 1.165) is 44.5 Å². The highest BCUT2D eigenvalue weighted by Crippen LogP contribution is 2.50. The molecule has 0 heterocycles. The summed E-state index contributed by atoms with van der Waals surface area (Å²) in [6.45, 7) is 4.25. The van der Waals surface area contributed by atoms with Gasteiger partial charge in [0.05, 0.1) is 0 Å². The number of nitrogens with one attached hydrogen (secondary N) is 2. The van der Waals surface area contributed by atoms with Gasteiger partial charge in [0.25, 0.3) is 11.8 Å². The highest BCUT2D eigenvalue weighted by atomic mass is 16.5. The summed E-state index contributed by atoms with van der Waals surface area (Å²) in [6, 6.07) is 10.2. The van der Waals surface area contributed by atoms with Crippen molar-refractivity contribution in [3.63, 3.8) is 0 Å². The molecule has 3 aromatic carbocycles. The van der Waals surface area contributed by atoms with Crippen LogP contribution in [0.2, 0.25) is 0 Å². The van der Waals surface area contributed by atoms with Crippen LogP contribution in [0.25, 0.3) is 0 Å². The predicted octanol–water partition coefficient (Wildman–Crippen LogP) is 2.80. The lowest BCUT2D eigenvalue weighted by Crippen LogP contribution is -2.40. The molecule has 0 spiro atoms. The monoisotopic (exact) mass is 600 g/mol. The van der Waals surface area contributed by atoms with E-state index in [2.05, 4.69) is 10.6 Å². The van der Waals surface area contributed by atoms with Crippen molar-refractivity contribution in [3.8, 4) is 0 Å². The smallest absolute Gasteiger partial charge is 0.404 e. The summed E-state index contributed by atoms with van der Waals surface area (Å²) in [5.74, 6) is -0.586. The lowest BCUT2D eigenvalue weighted by molar-refractivity contribution is 0.0940. The van der Waals surface area contributed by atoms with Gasteiger partial charge in [0.2, 0.25) is 0 Å². The molecule has 0 aromatic heterocycles. The number of carbonyl (C=O) groups is 4. The summed E-state index contributed by atoms with van der Waals surface area (Å²) < 4.78 is 10.5. The Hall–Kier alpha value is -5.26. The van der Waals surface area contributed by atoms with Crippen molar-refractivity contribution in [2.24, 2.45) is 11.5 Å². The number of nitrogen functional groups attached to an aromatic ring is 2. The van der Waals surface area contributed by atoms with Gasteiger partial charge < -0.3 is 43.0 Å². The summed E-state index contributed by atoms with van der Waals surface area (Å²) in [7, 11) is 0. The zero-order valence-corrected chi connectivity index (χ0v) is 24.6. The number of benzene rings is 3. The molecule has 2 unspecified atom stereocenters. The van der Waals surface area contributed by atoms with Crippen molar-refractivity contribution in [2.45, 2.75) is 51.7 Å². The van der Waals surface area contributed by atoms with Crippen LogP contribution in [0.5, 0.6) is 0 Å². The van der Waals surface area contributed by atoms with Crippen LogP contribution in [0.4, 0.5) is 21.0 Å². The molecule has 3 aromatic rings. The van der Waals surface area contributed by atoms with Gasteiger partial charge in [-0.25, -0.2) is 9.59 Å². The van der Waals surface area contributed by atoms with E-state index < -0.39 is 12.2 Å². The van der Waals surface area contributed by atoms with E-state index in [9.17, 15) is 19.2 Å². The minimum atomic E-state index is -0.904. The highest BCUT2D eigenvalue weighted by Gasteiger charge is 2.42. The average Bonchev–Trinajstić information content (AvgIpc) is 2.92. The van der Waals surface area contributed by atoms with Gasteiger partial charge in [0, 0.05) is 47.4 Å². The second-order valence-electron chi connectivity index (χ2n) is 11.3. The van der Waals surface area contributed by atoms with E-state index >= 15 is 0 Å². The van der Waals surface area contributed by atoms with Crippen molar-refractivity contribution < 1.29 is 28.7 Å². The molecule has 10 N–H and O–H groups in total. The molecule has 5 rings (SSSR count). The first kappa shape index (κ1) is 30.2. The Morgan fingerprint density at radius 3 is 1.43 bits per heavy atom. The molecule has 2 aliphatic carbocycles. The highest BCUT2D eigenvalue weighted by molar-refractivity contribution is 5.96. The van der Waals surface area contributed by atoms with Gasteiger partial charge in [0.1, 0.15) is 13.2 Å². The Morgan fingerprint density at radius 2 is 1.09 bits per heavy atom. The molecule has 0 radical (unpaired) electrons. The van der Waals surface area contributed by atoms with Crippen molar-refractivity contribution >= 4 is 35.4 Å². The van der Waals surface area contributed by atoms with Gasteiger partial charge >= 0.3 is 12.2 Å². The number of anilines is 2. The Kier molecular flexibility index (Phi) is 8.34. The number of aryl methyl sites for hydroxylation is 2. The SMILES string of the molecule is Cc1cc(N)ccc1C(=O)NCC1Cc2c(COC(N)=O)c3c(c(COC(N)=O)c21)CC3CNC(=O)c1ccc(N)cc1C. The molecule has 2 atom stereocenters. The van der Waals surface area contributed by atoms with E-state index in [-0.39, 0.29) is 36.9 Å². The number of fused-ring (bicyclic) bond motifs is 2. The largest absolute Gasteiger partial charge is 0.445 e. The molecule has 0 bridgehead atoms. The molecular weight excluding hydrogens is 564 g/mol. The summed E-state index contributed by atoms with van der Waals surface area (Å²) >= 11 is 0. The van der Waals surface area contributed by atoms with Crippen LogP contribution in [-0.4, -0.2) is 37.1 Å². The molecule has 12 heteroatoms. The zero-order chi connectivity index (χ0) is 31.7. The van der Waals surface area contributed by atoms with Gasteiger partial charge in [-0.2, -0.15) is 0 Å². The minimum absolute atomic E-state index is 0.0395. The first-order valence-electron chi connectivity index (χ1n) is 14.3. The molecule has 0 fully saturated rings. The van der Waals surface area contributed by atoms with Crippen LogP contribution in [0.3, 0.4) is 0 Å². The maximum atomic E-state index is 13.0.